The van der Waals surface area contributed by atoms with Gasteiger partial charge in [0.25, 0.3) is 0 Å². The van der Waals surface area contributed by atoms with Crippen molar-refractivity contribution in [3.05, 3.63) is 198 Å². The van der Waals surface area contributed by atoms with Crippen molar-refractivity contribution in [3.63, 3.8) is 0 Å². The summed E-state index contributed by atoms with van der Waals surface area (Å²) in [5.41, 5.74) is 20.1. The Balaban J connectivity index is 1.09. The fraction of sp³-hybridized carbons (Fsp3) is 0.111. The van der Waals surface area contributed by atoms with Gasteiger partial charge in [-0.3, -0.25) is 0 Å². The van der Waals surface area contributed by atoms with Crippen LogP contribution >= 0.6 is 11.8 Å². The molecule has 0 saturated heterocycles. The number of fused-ring (bicyclic) bond motifs is 12. The third-order valence-electron chi connectivity index (χ3n) is 12.7. The molecular weight excluding hydrogens is 711 g/mol. The molecule has 2 aliphatic carbocycles. The molecule has 7 aromatic carbocycles. The molecule has 0 radical (unpaired) electrons. The summed E-state index contributed by atoms with van der Waals surface area (Å²) in [6.07, 6.45) is 6.30. The molecule has 8 aromatic rings. The Hall–Kier alpha value is -6.29. The van der Waals surface area contributed by atoms with Gasteiger partial charge in [0, 0.05) is 49.1 Å². The molecule has 3 aliphatic rings. The lowest BCUT2D eigenvalue weighted by Gasteiger charge is -2.30. The van der Waals surface area contributed by atoms with E-state index in [0.29, 0.717) is 0 Å². The molecule has 0 fully saturated rings. The van der Waals surface area contributed by atoms with Crippen LogP contribution in [0, 0.1) is 0 Å². The molecule has 1 aromatic heterocycles. The van der Waals surface area contributed by atoms with Gasteiger partial charge in [-0.2, -0.15) is 0 Å². The number of hydrogen-bond acceptors (Lipinski definition) is 3. The van der Waals surface area contributed by atoms with Crippen LogP contribution in [0.25, 0.3) is 60.9 Å². The van der Waals surface area contributed by atoms with Crippen molar-refractivity contribution < 1.29 is 4.42 Å². The monoisotopic (exact) mass is 751 g/mol. The van der Waals surface area contributed by atoms with Crippen molar-refractivity contribution in [2.75, 3.05) is 4.90 Å². The van der Waals surface area contributed by atoms with E-state index in [1.807, 2.05) is 0 Å². The number of rotatable bonds is 4. The van der Waals surface area contributed by atoms with Crippen LogP contribution in [0.15, 0.2) is 179 Å². The van der Waals surface area contributed by atoms with Gasteiger partial charge in [0.05, 0.1) is 0 Å². The lowest BCUT2D eigenvalue weighted by atomic mass is 9.80. The molecule has 0 spiro atoms. The summed E-state index contributed by atoms with van der Waals surface area (Å²) in [6, 6.07) is 51.4. The fourth-order valence-electron chi connectivity index (χ4n) is 9.84. The number of hydrogen-bond donors (Lipinski definition) is 0. The SMILES string of the molecule is C=C1/C=C\C=C/Sc2c1ccc1c2-c2ccc(N(c3ccc(-c4ccccc4)cc3)c3ccc4c(c3)C(C)(C)c3c-4ccc4oc5ccccc5c34)cc2C1(C)C. The van der Waals surface area contributed by atoms with Crippen molar-refractivity contribution in [2.24, 2.45) is 0 Å². The number of benzene rings is 7. The molecule has 0 atom stereocenters. The van der Waals surface area contributed by atoms with Crippen molar-refractivity contribution in [1.82, 2.24) is 0 Å². The van der Waals surface area contributed by atoms with E-state index in [2.05, 4.69) is 202 Å². The first kappa shape index (κ1) is 34.0. The highest BCUT2D eigenvalue weighted by Crippen LogP contribution is 2.57. The quantitative estimate of drug-likeness (QED) is 0.178. The number of nitrogens with zero attached hydrogens (tertiary/aromatic N) is 1. The summed E-state index contributed by atoms with van der Waals surface area (Å²) in [7, 11) is 0. The zero-order valence-corrected chi connectivity index (χ0v) is 33.4. The predicted molar refractivity (Wildman–Crippen MR) is 242 cm³/mol. The molecule has 2 nitrogen and oxygen atoms in total. The summed E-state index contributed by atoms with van der Waals surface area (Å²) < 4.78 is 6.39. The Bertz CT molecular complexity index is 3050. The van der Waals surface area contributed by atoms with Crippen LogP contribution in [0.4, 0.5) is 17.1 Å². The zero-order valence-electron chi connectivity index (χ0n) is 32.6. The largest absolute Gasteiger partial charge is 0.456 e. The molecule has 3 heteroatoms. The van der Waals surface area contributed by atoms with Gasteiger partial charge in [0.1, 0.15) is 11.2 Å². The van der Waals surface area contributed by atoms with E-state index in [1.165, 1.54) is 76.9 Å². The maximum absolute atomic E-state index is 6.39. The number of allylic oxidation sites excluding steroid dienone is 4. The summed E-state index contributed by atoms with van der Waals surface area (Å²) in [4.78, 5) is 3.73. The molecule has 1 aliphatic heterocycles. The van der Waals surface area contributed by atoms with Crippen molar-refractivity contribution in [1.29, 1.82) is 0 Å². The van der Waals surface area contributed by atoms with Gasteiger partial charge in [-0.15, -0.1) is 0 Å². The van der Waals surface area contributed by atoms with Crippen LogP contribution in [-0.2, 0) is 10.8 Å². The highest BCUT2D eigenvalue weighted by atomic mass is 32.2. The summed E-state index contributed by atoms with van der Waals surface area (Å²) in [6.45, 7) is 13.9. The minimum atomic E-state index is -0.251. The molecule has 0 bridgehead atoms. The van der Waals surface area contributed by atoms with Gasteiger partial charge < -0.3 is 9.32 Å². The zero-order chi connectivity index (χ0) is 38.6. The molecule has 0 N–H and O–H groups in total. The van der Waals surface area contributed by atoms with E-state index < -0.39 is 0 Å². The Morgan fingerprint density at radius 2 is 1.19 bits per heavy atom. The molecular formula is C54H41NOS. The van der Waals surface area contributed by atoms with Gasteiger partial charge in [0.15, 0.2) is 0 Å². The lowest BCUT2D eigenvalue weighted by Crippen LogP contribution is -2.18. The smallest absolute Gasteiger partial charge is 0.135 e. The highest BCUT2D eigenvalue weighted by Gasteiger charge is 2.40. The first-order valence-electron chi connectivity index (χ1n) is 19.8. The normalized spacial score (nSPS) is 16.6. The van der Waals surface area contributed by atoms with Crippen molar-refractivity contribution in [2.45, 2.75) is 43.4 Å². The van der Waals surface area contributed by atoms with Gasteiger partial charge in [0.2, 0.25) is 0 Å². The van der Waals surface area contributed by atoms with Crippen LogP contribution in [-0.4, -0.2) is 0 Å². The van der Waals surface area contributed by atoms with E-state index in [1.54, 1.807) is 11.8 Å². The third kappa shape index (κ3) is 4.98. The van der Waals surface area contributed by atoms with E-state index in [4.69, 9.17) is 4.42 Å². The molecule has 0 amide bonds. The molecule has 0 unspecified atom stereocenters. The van der Waals surface area contributed by atoms with Crippen molar-refractivity contribution in [3.8, 4) is 33.4 Å². The standard InChI is InChI=1S/C54H41NOS/c1-33-13-11-12-30-57-52-39(33)26-28-44-49(52)42-25-23-38(32-46(42)53(44,2)3)55(36-20-18-35(19-21-36)34-14-7-6-8-15-34)37-22-24-40-41-27-29-48-50(43-16-9-10-17-47(43)56-48)51(41)54(4,5)45(40)31-37/h6-32H,1H2,2-5H3/b13-11-,30-12-. The maximum atomic E-state index is 6.39. The minimum Gasteiger partial charge on any atom is -0.456 e. The Kier molecular flexibility index (Phi) is 7.37. The van der Waals surface area contributed by atoms with Crippen molar-refractivity contribution >= 4 is 56.3 Å². The van der Waals surface area contributed by atoms with Gasteiger partial charge in [-0.1, -0.05) is 155 Å². The summed E-state index contributed by atoms with van der Waals surface area (Å²) in [5.74, 6) is 0. The molecule has 11 rings (SSSR count). The van der Waals surface area contributed by atoms with Gasteiger partial charge in [-0.05, 0) is 115 Å². The van der Waals surface area contributed by atoms with Gasteiger partial charge in [-0.25, -0.2) is 0 Å². The Labute approximate surface area is 338 Å². The first-order chi connectivity index (χ1) is 27.7. The van der Waals surface area contributed by atoms with Crippen LogP contribution in [0.5, 0.6) is 0 Å². The summed E-state index contributed by atoms with van der Waals surface area (Å²) in [5, 5.41) is 4.59. The number of para-hydroxylation sites is 1. The second kappa shape index (κ2) is 12.4. The summed E-state index contributed by atoms with van der Waals surface area (Å²) >= 11 is 1.80. The topological polar surface area (TPSA) is 16.4 Å². The second-order valence-corrected chi connectivity index (χ2v) is 17.5. The Morgan fingerprint density at radius 3 is 1.98 bits per heavy atom. The third-order valence-corrected chi connectivity index (χ3v) is 13.6. The highest BCUT2D eigenvalue weighted by molar-refractivity contribution is 8.02. The van der Waals surface area contributed by atoms with Crippen LogP contribution < -0.4 is 4.90 Å². The van der Waals surface area contributed by atoms with Crippen LogP contribution in [0.1, 0.15) is 55.5 Å². The number of furan rings is 1. The average Bonchev–Trinajstić information content (AvgIpc) is 3.79. The van der Waals surface area contributed by atoms with Crippen LogP contribution in [0.3, 0.4) is 0 Å². The van der Waals surface area contributed by atoms with E-state index in [-0.39, 0.29) is 10.8 Å². The lowest BCUT2D eigenvalue weighted by molar-refractivity contribution is 0.657. The van der Waals surface area contributed by atoms with E-state index >= 15 is 0 Å². The number of anilines is 3. The van der Waals surface area contributed by atoms with E-state index in [9.17, 15) is 0 Å². The molecule has 57 heavy (non-hydrogen) atoms. The predicted octanol–water partition coefficient (Wildman–Crippen LogP) is 15.5. The first-order valence-corrected chi connectivity index (χ1v) is 20.6. The van der Waals surface area contributed by atoms with Crippen LogP contribution in [0.2, 0.25) is 0 Å². The maximum Gasteiger partial charge on any atom is 0.135 e. The molecule has 0 saturated carbocycles. The second-order valence-electron chi connectivity index (χ2n) is 16.6. The fourth-order valence-corrected chi connectivity index (χ4v) is 10.8. The Morgan fingerprint density at radius 1 is 0.544 bits per heavy atom. The van der Waals surface area contributed by atoms with E-state index in [0.717, 1.165) is 33.8 Å². The average molecular weight is 752 g/mol. The minimum absolute atomic E-state index is 0.192. The number of thioether (sulfide) groups is 1. The molecule has 274 valence electrons. The van der Waals surface area contributed by atoms with Gasteiger partial charge >= 0.3 is 0 Å². The molecule has 2 heterocycles.